The lowest BCUT2D eigenvalue weighted by atomic mass is 10.1. The number of nitrogens with two attached hydrogens (primary N) is 1. The molecule has 2 rings (SSSR count). The third kappa shape index (κ3) is 4.40. The van der Waals surface area contributed by atoms with E-state index in [0.29, 0.717) is 12.2 Å². The molecule has 0 radical (unpaired) electrons. The highest BCUT2D eigenvalue weighted by molar-refractivity contribution is 5.50. The molecule has 0 aliphatic carbocycles. The maximum atomic E-state index is 14.2. The summed E-state index contributed by atoms with van der Waals surface area (Å²) in [6, 6.07) is 5.09. The smallest absolute Gasteiger partial charge is 0.146 e. The Bertz CT molecular complexity index is 477. The fourth-order valence-corrected chi connectivity index (χ4v) is 2.76. The summed E-state index contributed by atoms with van der Waals surface area (Å²) in [5.41, 5.74) is 6.55. The van der Waals surface area contributed by atoms with E-state index in [0.717, 1.165) is 31.7 Å². The summed E-state index contributed by atoms with van der Waals surface area (Å²) in [7, 11) is 0. The van der Waals surface area contributed by atoms with E-state index in [1.54, 1.807) is 0 Å². The van der Waals surface area contributed by atoms with Crippen molar-refractivity contribution in [2.75, 3.05) is 37.6 Å². The summed E-state index contributed by atoms with van der Waals surface area (Å²) in [5, 5.41) is 9.85. The van der Waals surface area contributed by atoms with Crippen LogP contribution in [-0.2, 0) is 0 Å². The van der Waals surface area contributed by atoms with Crippen LogP contribution in [0.2, 0.25) is 0 Å². The average Bonchev–Trinajstić information content (AvgIpc) is 2.38. The zero-order valence-electron chi connectivity index (χ0n) is 13.1. The van der Waals surface area contributed by atoms with Gasteiger partial charge >= 0.3 is 0 Å². The van der Waals surface area contributed by atoms with Gasteiger partial charge in [0.05, 0.1) is 11.3 Å². The second-order valence-corrected chi connectivity index (χ2v) is 6.58. The Balaban J connectivity index is 1.99. The largest absolute Gasteiger partial charge is 0.389 e. The highest BCUT2D eigenvalue weighted by atomic mass is 19.1. The van der Waals surface area contributed by atoms with Gasteiger partial charge in [-0.1, -0.05) is 6.07 Å². The normalized spacial score (nSPS) is 18.9. The molecule has 1 atom stereocenters. The number of hydrogen-bond acceptors (Lipinski definition) is 4. The third-order valence-electron chi connectivity index (χ3n) is 3.82. The van der Waals surface area contributed by atoms with Gasteiger partial charge in [0.15, 0.2) is 0 Å². The van der Waals surface area contributed by atoms with Gasteiger partial charge in [-0.2, -0.15) is 0 Å². The van der Waals surface area contributed by atoms with Crippen LogP contribution in [0.25, 0.3) is 0 Å². The highest BCUT2D eigenvalue weighted by Gasteiger charge is 2.24. The first-order valence-corrected chi connectivity index (χ1v) is 7.51. The van der Waals surface area contributed by atoms with Gasteiger partial charge < -0.3 is 15.7 Å². The zero-order valence-corrected chi connectivity index (χ0v) is 13.1. The first-order valence-electron chi connectivity index (χ1n) is 7.51. The molecule has 1 aliphatic heterocycles. The molecule has 1 unspecified atom stereocenters. The average molecular weight is 295 g/mol. The van der Waals surface area contributed by atoms with Crippen molar-refractivity contribution in [3.63, 3.8) is 0 Å². The monoisotopic (exact) mass is 295 g/mol. The van der Waals surface area contributed by atoms with E-state index < -0.39 is 5.60 Å². The van der Waals surface area contributed by atoms with Gasteiger partial charge in [-0.3, -0.25) is 4.90 Å². The molecule has 0 aromatic heterocycles. The molecule has 1 aromatic carbocycles. The lowest BCUT2D eigenvalue weighted by molar-refractivity contribution is 0.0344. The van der Waals surface area contributed by atoms with E-state index in [-0.39, 0.29) is 11.9 Å². The number of benzene rings is 1. The van der Waals surface area contributed by atoms with Gasteiger partial charge in [0.1, 0.15) is 5.82 Å². The molecular formula is C16H26FN3O. The maximum absolute atomic E-state index is 14.2. The summed E-state index contributed by atoms with van der Waals surface area (Å²) in [6.07, 6.45) is 0. The van der Waals surface area contributed by atoms with Crippen molar-refractivity contribution in [3.8, 4) is 0 Å². The quantitative estimate of drug-likeness (QED) is 0.888. The van der Waals surface area contributed by atoms with Gasteiger partial charge in [-0.05, 0) is 38.5 Å². The van der Waals surface area contributed by atoms with Gasteiger partial charge in [0.2, 0.25) is 0 Å². The van der Waals surface area contributed by atoms with Crippen LogP contribution in [0.4, 0.5) is 10.1 Å². The molecule has 1 saturated heterocycles. The number of nitrogens with zero attached hydrogens (tertiary/aromatic N) is 2. The molecule has 118 valence electrons. The first-order chi connectivity index (χ1) is 9.76. The van der Waals surface area contributed by atoms with Crippen molar-refractivity contribution in [2.45, 2.75) is 32.4 Å². The van der Waals surface area contributed by atoms with Crippen LogP contribution in [0.5, 0.6) is 0 Å². The molecule has 21 heavy (non-hydrogen) atoms. The maximum Gasteiger partial charge on any atom is 0.146 e. The number of rotatable bonds is 4. The van der Waals surface area contributed by atoms with Crippen LogP contribution in [0.15, 0.2) is 18.2 Å². The van der Waals surface area contributed by atoms with Crippen molar-refractivity contribution in [1.82, 2.24) is 4.90 Å². The van der Waals surface area contributed by atoms with Crippen LogP contribution in [0.1, 0.15) is 32.4 Å². The summed E-state index contributed by atoms with van der Waals surface area (Å²) in [6.45, 7) is 9.32. The topological polar surface area (TPSA) is 52.7 Å². The predicted octanol–water partition coefficient (Wildman–Crippen LogP) is 1.74. The van der Waals surface area contributed by atoms with Crippen LogP contribution >= 0.6 is 0 Å². The molecule has 0 saturated carbocycles. The highest BCUT2D eigenvalue weighted by Crippen LogP contribution is 2.24. The van der Waals surface area contributed by atoms with Gasteiger partial charge in [0.25, 0.3) is 0 Å². The number of anilines is 1. The Labute approximate surface area is 126 Å². The minimum absolute atomic E-state index is 0.155. The Morgan fingerprint density at radius 3 is 2.38 bits per heavy atom. The molecule has 0 spiro atoms. The lowest BCUT2D eigenvalue weighted by Gasteiger charge is -2.38. The van der Waals surface area contributed by atoms with Crippen LogP contribution < -0.4 is 10.6 Å². The molecule has 1 aliphatic rings. The number of aliphatic hydroxyl groups is 1. The zero-order chi connectivity index (χ0) is 15.6. The Kier molecular flexibility index (Phi) is 4.86. The van der Waals surface area contributed by atoms with Crippen LogP contribution in [-0.4, -0.2) is 48.3 Å². The van der Waals surface area contributed by atoms with E-state index in [1.807, 2.05) is 32.9 Å². The second-order valence-electron chi connectivity index (χ2n) is 6.58. The molecule has 0 amide bonds. The summed E-state index contributed by atoms with van der Waals surface area (Å²) >= 11 is 0. The van der Waals surface area contributed by atoms with Crippen molar-refractivity contribution in [2.24, 2.45) is 5.73 Å². The van der Waals surface area contributed by atoms with Gasteiger partial charge in [-0.25, -0.2) is 4.39 Å². The van der Waals surface area contributed by atoms with Crippen LogP contribution in [0.3, 0.4) is 0 Å². The molecule has 0 bridgehead atoms. The van der Waals surface area contributed by atoms with E-state index in [9.17, 15) is 9.50 Å². The molecule has 1 aromatic rings. The first kappa shape index (κ1) is 16.2. The Morgan fingerprint density at radius 1 is 1.29 bits per heavy atom. The number of halogens is 1. The van der Waals surface area contributed by atoms with E-state index in [2.05, 4.69) is 9.80 Å². The minimum atomic E-state index is -0.688. The molecule has 3 N–H and O–H groups in total. The van der Waals surface area contributed by atoms with E-state index >= 15 is 0 Å². The molecular weight excluding hydrogens is 269 g/mol. The fraction of sp³-hybridized carbons (Fsp3) is 0.625. The van der Waals surface area contributed by atoms with Crippen molar-refractivity contribution >= 4 is 5.69 Å². The summed E-state index contributed by atoms with van der Waals surface area (Å²) < 4.78 is 14.2. The third-order valence-corrected chi connectivity index (χ3v) is 3.82. The fourth-order valence-electron chi connectivity index (χ4n) is 2.76. The van der Waals surface area contributed by atoms with Crippen molar-refractivity contribution < 1.29 is 9.50 Å². The Morgan fingerprint density at radius 2 is 1.90 bits per heavy atom. The number of hydrogen-bond donors (Lipinski definition) is 2. The van der Waals surface area contributed by atoms with Gasteiger partial charge in [0, 0.05) is 38.8 Å². The SMILES string of the molecule is CC(N)c1ccc(N2CCN(CC(C)(C)O)CC2)c(F)c1. The number of β-amino-alcohol motifs (C(OH)–C–C–N with tert-alkyl or cyclic N) is 1. The van der Waals surface area contributed by atoms with Gasteiger partial charge in [-0.15, -0.1) is 0 Å². The molecule has 5 heteroatoms. The Hall–Kier alpha value is -1.17. The molecule has 4 nitrogen and oxygen atoms in total. The second kappa shape index (κ2) is 6.30. The van der Waals surface area contributed by atoms with Crippen LogP contribution in [0, 0.1) is 5.82 Å². The van der Waals surface area contributed by atoms with E-state index in [4.69, 9.17) is 5.73 Å². The van der Waals surface area contributed by atoms with Crippen molar-refractivity contribution in [3.05, 3.63) is 29.6 Å². The van der Waals surface area contributed by atoms with E-state index in [1.165, 1.54) is 6.07 Å². The summed E-state index contributed by atoms with van der Waals surface area (Å²) in [5.74, 6) is -0.208. The predicted molar refractivity (Wildman–Crippen MR) is 84.0 cm³/mol. The lowest BCUT2D eigenvalue weighted by Crippen LogP contribution is -2.50. The molecule has 1 fully saturated rings. The number of piperazine rings is 1. The standard InChI is InChI=1S/C16H26FN3O/c1-12(18)13-4-5-15(14(17)10-13)20-8-6-19(7-9-20)11-16(2,3)21/h4-5,10,12,21H,6-9,11,18H2,1-3H3. The molecule has 1 heterocycles. The summed E-state index contributed by atoms with van der Waals surface area (Å²) in [4.78, 5) is 4.27. The minimum Gasteiger partial charge on any atom is -0.389 e. The van der Waals surface area contributed by atoms with Crippen molar-refractivity contribution in [1.29, 1.82) is 0 Å².